The molecule has 0 saturated carbocycles. The van der Waals surface area contributed by atoms with Gasteiger partial charge in [0, 0.05) is 17.5 Å². The number of benzene rings is 2. The minimum absolute atomic E-state index is 0.00159. The summed E-state index contributed by atoms with van der Waals surface area (Å²) >= 11 is 6.08. The van der Waals surface area contributed by atoms with Crippen molar-refractivity contribution in [3.05, 3.63) is 64.7 Å². The molecule has 1 amide bonds. The molecule has 0 aromatic heterocycles. The lowest BCUT2D eigenvalue weighted by atomic mass is 10.0. The van der Waals surface area contributed by atoms with E-state index < -0.39 is 0 Å². The van der Waals surface area contributed by atoms with Gasteiger partial charge in [-0.25, -0.2) is 0 Å². The Morgan fingerprint density at radius 3 is 2.59 bits per heavy atom. The van der Waals surface area contributed by atoms with Crippen LogP contribution in [-0.4, -0.2) is 18.6 Å². The number of hydrogen-bond acceptors (Lipinski definition) is 2. The van der Waals surface area contributed by atoms with Crippen molar-refractivity contribution in [2.75, 3.05) is 6.61 Å². The highest BCUT2D eigenvalue weighted by Crippen LogP contribution is 2.25. The van der Waals surface area contributed by atoms with E-state index in [-0.39, 0.29) is 18.6 Å². The molecule has 0 atom stereocenters. The number of carbonyl (C=O) groups is 1. The van der Waals surface area contributed by atoms with Crippen LogP contribution in [0.1, 0.15) is 25.0 Å². The van der Waals surface area contributed by atoms with Crippen LogP contribution < -0.4 is 10.1 Å². The van der Waals surface area contributed by atoms with Crippen LogP contribution in [0.4, 0.5) is 0 Å². The number of halogens is 1. The van der Waals surface area contributed by atoms with E-state index in [1.807, 2.05) is 44.2 Å². The first-order valence-corrected chi connectivity index (χ1v) is 7.67. The lowest BCUT2D eigenvalue weighted by Crippen LogP contribution is -2.34. The topological polar surface area (TPSA) is 38.3 Å². The molecule has 2 rings (SSSR count). The third kappa shape index (κ3) is 5.08. The van der Waals surface area contributed by atoms with E-state index in [0.717, 1.165) is 5.56 Å². The van der Waals surface area contributed by atoms with Crippen LogP contribution in [0.25, 0.3) is 0 Å². The van der Waals surface area contributed by atoms with Gasteiger partial charge < -0.3 is 10.1 Å². The summed E-state index contributed by atoms with van der Waals surface area (Å²) in [5.74, 6) is 0.558. The Labute approximate surface area is 136 Å². The van der Waals surface area contributed by atoms with Gasteiger partial charge >= 0.3 is 0 Å². The Morgan fingerprint density at radius 2 is 1.91 bits per heavy atom. The van der Waals surface area contributed by atoms with Crippen LogP contribution in [0.2, 0.25) is 5.02 Å². The molecule has 0 fully saturated rings. The Hall–Kier alpha value is -2.00. The molecule has 0 bridgehead atoms. The van der Waals surface area contributed by atoms with Gasteiger partial charge in [0.15, 0.2) is 6.61 Å². The number of carbonyl (C=O) groups excluding carboxylic acids is 1. The number of rotatable bonds is 6. The molecule has 0 unspecified atom stereocenters. The van der Waals surface area contributed by atoms with Gasteiger partial charge in [0.05, 0.1) is 0 Å². The lowest BCUT2D eigenvalue weighted by Gasteiger charge is -2.13. The van der Waals surface area contributed by atoms with Crippen molar-refractivity contribution in [3.8, 4) is 5.75 Å². The smallest absolute Gasteiger partial charge is 0.258 e. The second kappa shape index (κ2) is 7.85. The van der Waals surface area contributed by atoms with E-state index in [1.165, 1.54) is 5.56 Å². The maximum Gasteiger partial charge on any atom is 0.258 e. The molecule has 2 aromatic carbocycles. The molecule has 0 radical (unpaired) electrons. The highest BCUT2D eigenvalue weighted by atomic mass is 35.5. The molecule has 2 aromatic rings. The summed E-state index contributed by atoms with van der Waals surface area (Å²) in [5, 5.41) is 3.46. The zero-order chi connectivity index (χ0) is 15.9. The largest absolute Gasteiger partial charge is 0.483 e. The fourth-order valence-electron chi connectivity index (χ4n) is 2.15. The first-order valence-electron chi connectivity index (χ1n) is 7.29. The standard InChI is InChI=1S/C18H20ClNO2/c1-13(2)20-18(21)12-22-17-9-8-16(19)11-15(17)10-14-6-4-3-5-7-14/h3-9,11,13H,10,12H2,1-2H3,(H,20,21). The maximum atomic E-state index is 11.7. The van der Waals surface area contributed by atoms with Gasteiger partial charge in [0.25, 0.3) is 5.91 Å². The van der Waals surface area contributed by atoms with Gasteiger partial charge in [-0.05, 0) is 43.2 Å². The average Bonchev–Trinajstić information content (AvgIpc) is 2.47. The number of ether oxygens (including phenoxy) is 1. The van der Waals surface area contributed by atoms with E-state index in [9.17, 15) is 4.79 Å². The van der Waals surface area contributed by atoms with E-state index in [2.05, 4.69) is 17.4 Å². The first kappa shape index (κ1) is 16.4. The highest BCUT2D eigenvalue weighted by Gasteiger charge is 2.09. The molecule has 1 N–H and O–H groups in total. The van der Waals surface area contributed by atoms with Crippen molar-refractivity contribution in [2.45, 2.75) is 26.3 Å². The van der Waals surface area contributed by atoms with Gasteiger partial charge in [-0.3, -0.25) is 4.79 Å². The number of amides is 1. The molecule has 116 valence electrons. The minimum Gasteiger partial charge on any atom is -0.483 e. The fourth-order valence-corrected chi connectivity index (χ4v) is 2.34. The van der Waals surface area contributed by atoms with E-state index in [4.69, 9.17) is 16.3 Å². The predicted molar refractivity (Wildman–Crippen MR) is 89.5 cm³/mol. The van der Waals surface area contributed by atoms with Crippen molar-refractivity contribution in [3.63, 3.8) is 0 Å². The van der Waals surface area contributed by atoms with Gasteiger partial charge in [-0.15, -0.1) is 0 Å². The second-order valence-electron chi connectivity index (χ2n) is 5.43. The van der Waals surface area contributed by atoms with Crippen LogP contribution in [0.15, 0.2) is 48.5 Å². The molecule has 22 heavy (non-hydrogen) atoms. The summed E-state index contributed by atoms with van der Waals surface area (Å²) in [6.45, 7) is 3.84. The van der Waals surface area contributed by atoms with Crippen molar-refractivity contribution in [2.24, 2.45) is 0 Å². The third-order valence-electron chi connectivity index (χ3n) is 3.07. The van der Waals surface area contributed by atoms with Crippen molar-refractivity contribution < 1.29 is 9.53 Å². The van der Waals surface area contributed by atoms with Crippen LogP contribution in [0, 0.1) is 0 Å². The molecule has 0 saturated heterocycles. The minimum atomic E-state index is -0.129. The summed E-state index contributed by atoms with van der Waals surface area (Å²) in [4.78, 5) is 11.7. The molecular formula is C18H20ClNO2. The van der Waals surface area contributed by atoms with Crippen molar-refractivity contribution in [1.29, 1.82) is 0 Å². The Bertz CT molecular complexity index is 626. The molecule has 3 nitrogen and oxygen atoms in total. The normalized spacial score (nSPS) is 10.5. The monoisotopic (exact) mass is 317 g/mol. The van der Waals surface area contributed by atoms with Crippen molar-refractivity contribution >= 4 is 17.5 Å². The molecule has 0 aliphatic heterocycles. The molecular weight excluding hydrogens is 298 g/mol. The summed E-state index contributed by atoms with van der Waals surface area (Å²) in [5.41, 5.74) is 2.14. The van der Waals surface area contributed by atoms with Gasteiger partial charge in [-0.2, -0.15) is 0 Å². The SMILES string of the molecule is CC(C)NC(=O)COc1ccc(Cl)cc1Cc1ccccc1. The quantitative estimate of drug-likeness (QED) is 0.879. The molecule has 0 aliphatic rings. The van der Waals surface area contributed by atoms with E-state index in [1.54, 1.807) is 6.07 Å². The van der Waals surface area contributed by atoms with Crippen molar-refractivity contribution in [1.82, 2.24) is 5.32 Å². The van der Waals surface area contributed by atoms with Crippen LogP contribution in [0.5, 0.6) is 5.75 Å². The van der Waals surface area contributed by atoms with Crippen LogP contribution >= 0.6 is 11.6 Å². The second-order valence-corrected chi connectivity index (χ2v) is 5.86. The fraction of sp³-hybridized carbons (Fsp3) is 0.278. The average molecular weight is 318 g/mol. The number of nitrogens with one attached hydrogen (secondary N) is 1. The third-order valence-corrected chi connectivity index (χ3v) is 3.30. The summed E-state index contributed by atoms with van der Waals surface area (Å²) in [6.07, 6.45) is 0.711. The molecule has 0 aliphatic carbocycles. The predicted octanol–water partition coefficient (Wildman–Crippen LogP) is 3.83. The Balaban J connectivity index is 2.09. The van der Waals surface area contributed by atoms with Gasteiger partial charge in [0.2, 0.25) is 0 Å². The van der Waals surface area contributed by atoms with E-state index in [0.29, 0.717) is 17.2 Å². The van der Waals surface area contributed by atoms with Gasteiger partial charge in [0.1, 0.15) is 5.75 Å². The summed E-state index contributed by atoms with van der Waals surface area (Å²) in [6, 6.07) is 15.6. The lowest BCUT2D eigenvalue weighted by molar-refractivity contribution is -0.123. The zero-order valence-electron chi connectivity index (χ0n) is 12.8. The highest BCUT2D eigenvalue weighted by molar-refractivity contribution is 6.30. The summed E-state index contributed by atoms with van der Waals surface area (Å²) < 4.78 is 5.66. The molecule has 0 heterocycles. The first-order chi connectivity index (χ1) is 10.5. The van der Waals surface area contributed by atoms with E-state index >= 15 is 0 Å². The van der Waals surface area contributed by atoms with Crippen LogP contribution in [0.3, 0.4) is 0 Å². The zero-order valence-corrected chi connectivity index (χ0v) is 13.6. The Kier molecular flexibility index (Phi) is 5.84. The van der Waals surface area contributed by atoms with Gasteiger partial charge in [-0.1, -0.05) is 41.9 Å². The summed E-state index contributed by atoms with van der Waals surface area (Å²) in [7, 11) is 0. The maximum absolute atomic E-state index is 11.7. The number of hydrogen-bond donors (Lipinski definition) is 1. The van der Waals surface area contributed by atoms with Crippen LogP contribution in [-0.2, 0) is 11.2 Å². The Morgan fingerprint density at radius 1 is 1.18 bits per heavy atom. The molecule has 0 spiro atoms. The molecule has 4 heteroatoms.